The number of methoxy groups -OCH3 is 1. The van der Waals surface area contributed by atoms with Crippen LogP contribution in [0.2, 0.25) is 0 Å². The number of rotatable bonds is 5. The quantitative estimate of drug-likeness (QED) is 0.692. The Morgan fingerprint density at radius 2 is 1.91 bits per heavy atom. The molecule has 0 bridgehead atoms. The Morgan fingerprint density at radius 3 is 2.55 bits per heavy atom. The molecule has 0 saturated carbocycles. The number of carboxylic acids is 1. The predicted molar refractivity (Wildman–Crippen MR) is 109 cm³/mol. The molecule has 2 aliphatic rings. The second kappa shape index (κ2) is 10.9. The van der Waals surface area contributed by atoms with Gasteiger partial charge >= 0.3 is 12.1 Å². The molecule has 10 nitrogen and oxygen atoms in total. The molecule has 0 aromatic carbocycles. The number of aromatic nitrogens is 3. The summed E-state index contributed by atoms with van der Waals surface area (Å²) in [6, 6.07) is 3.72. The molecular weight excluding hydrogens is 447 g/mol. The topological polar surface area (TPSA) is 110 Å². The van der Waals surface area contributed by atoms with Crippen LogP contribution in [-0.4, -0.2) is 107 Å². The van der Waals surface area contributed by atoms with E-state index in [9.17, 15) is 18.0 Å². The maximum absolute atomic E-state index is 12.8. The lowest BCUT2D eigenvalue weighted by Gasteiger charge is -2.26. The van der Waals surface area contributed by atoms with E-state index in [-0.39, 0.29) is 5.91 Å². The zero-order valence-corrected chi connectivity index (χ0v) is 18.1. The Balaban J connectivity index is 0.000000383. The van der Waals surface area contributed by atoms with Gasteiger partial charge in [-0.25, -0.2) is 4.79 Å². The van der Waals surface area contributed by atoms with Crippen LogP contribution in [0.4, 0.5) is 13.2 Å². The molecule has 2 aliphatic heterocycles. The summed E-state index contributed by atoms with van der Waals surface area (Å²) in [5, 5.41) is 15.8. The second-order valence-electron chi connectivity index (χ2n) is 7.69. The van der Waals surface area contributed by atoms with Crippen molar-refractivity contribution in [3.63, 3.8) is 0 Å². The number of carbonyl (C=O) groups is 2. The summed E-state index contributed by atoms with van der Waals surface area (Å²) in [6.07, 6.45) is -2.15. The van der Waals surface area contributed by atoms with Crippen LogP contribution < -0.4 is 0 Å². The minimum atomic E-state index is -5.08. The van der Waals surface area contributed by atoms with Crippen LogP contribution in [0.5, 0.6) is 0 Å². The average Bonchev–Trinajstić information content (AvgIpc) is 3.43. The van der Waals surface area contributed by atoms with Gasteiger partial charge in [0.05, 0.1) is 25.4 Å². The Labute approximate surface area is 187 Å². The number of carboxylic acid groups (broad SMARTS) is 1. The van der Waals surface area contributed by atoms with Crippen molar-refractivity contribution in [1.29, 1.82) is 0 Å². The monoisotopic (exact) mass is 473 g/mol. The molecule has 2 aromatic heterocycles. The maximum Gasteiger partial charge on any atom is 0.490 e. The number of morpholine rings is 1. The molecule has 4 rings (SSSR count). The van der Waals surface area contributed by atoms with E-state index >= 15 is 0 Å². The Kier molecular flexibility index (Phi) is 8.21. The standard InChI is InChI=1S/C18H25N5O3.C2HF3O2/c1-25-9-6-21-5-4-14(12-21)17-20-19-16-3-2-15(13-23(16)17)18(24)22-7-10-26-11-8-22;3-2(4,5)1(6)7/h2-3,13-14H,4-12H2,1H3;(H,6,7). The maximum atomic E-state index is 12.8. The van der Waals surface area contributed by atoms with Crippen LogP contribution in [0.25, 0.3) is 5.65 Å². The zero-order chi connectivity index (χ0) is 24.0. The van der Waals surface area contributed by atoms with Crippen molar-refractivity contribution in [2.24, 2.45) is 0 Å². The van der Waals surface area contributed by atoms with Gasteiger partial charge in [-0.1, -0.05) is 0 Å². The summed E-state index contributed by atoms with van der Waals surface area (Å²) < 4.78 is 44.2. The number of pyridine rings is 1. The second-order valence-corrected chi connectivity index (χ2v) is 7.69. The van der Waals surface area contributed by atoms with Crippen molar-refractivity contribution in [3.8, 4) is 0 Å². The highest BCUT2D eigenvalue weighted by atomic mass is 19.4. The lowest BCUT2D eigenvalue weighted by atomic mass is 10.1. The van der Waals surface area contributed by atoms with Gasteiger partial charge in [-0.15, -0.1) is 10.2 Å². The van der Waals surface area contributed by atoms with Gasteiger partial charge < -0.3 is 24.4 Å². The fourth-order valence-electron chi connectivity index (χ4n) is 3.73. The molecule has 0 spiro atoms. The van der Waals surface area contributed by atoms with E-state index in [1.807, 2.05) is 27.6 Å². The van der Waals surface area contributed by atoms with Crippen molar-refractivity contribution in [3.05, 3.63) is 29.7 Å². The van der Waals surface area contributed by atoms with Gasteiger partial charge in [0.25, 0.3) is 5.91 Å². The molecule has 0 radical (unpaired) electrons. The number of alkyl halides is 3. The van der Waals surface area contributed by atoms with E-state index in [0.717, 1.165) is 44.1 Å². The van der Waals surface area contributed by atoms with Gasteiger partial charge in [-0.3, -0.25) is 9.20 Å². The highest BCUT2D eigenvalue weighted by Gasteiger charge is 2.38. The van der Waals surface area contributed by atoms with E-state index in [4.69, 9.17) is 19.4 Å². The van der Waals surface area contributed by atoms with E-state index in [0.29, 0.717) is 37.8 Å². The molecule has 33 heavy (non-hydrogen) atoms. The molecule has 0 aliphatic carbocycles. The molecule has 182 valence electrons. The molecule has 1 unspecified atom stereocenters. The molecule has 2 aromatic rings. The van der Waals surface area contributed by atoms with Crippen LogP contribution >= 0.6 is 0 Å². The first kappa shape index (κ1) is 24.9. The van der Waals surface area contributed by atoms with E-state index in [1.165, 1.54) is 0 Å². The van der Waals surface area contributed by atoms with Crippen LogP contribution in [0.15, 0.2) is 18.3 Å². The van der Waals surface area contributed by atoms with Crippen molar-refractivity contribution >= 4 is 17.5 Å². The largest absolute Gasteiger partial charge is 0.490 e. The summed E-state index contributed by atoms with van der Waals surface area (Å²) in [7, 11) is 1.73. The Hall–Kier alpha value is -2.77. The molecule has 13 heteroatoms. The average molecular weight is 473 g/mol. The smallest absolute Gasteiger partial charge is 0.475 e. The number of amides is 1. The number of nitrogens with zero attached hydrogens (tertiary/aromatic N) is 5. The van der Waals surface area contributed by atoms with Gasteiger partial charge in [0.15, 0.2) is 5.65 Å². The summed E-state index contributed by atoms with van der Waals surface area (Å²) in [5.41, 5.74) is 1.46. The number of aliphatic carboxylic acids is 1. The number of fused-ring (bicyclic) bond motifs is 1. The normalized spacial score (nSPS) is 19.4. The van der Waals surface area contributed by atoms with Crippen molar-refractivity contribution in [2.75, 3.05) is 59.7 Å². The van der Waals surface area contributed by atoms with Crippen LogP contribution in [0.1, 0.15) is 28.5 Å². The van der Waals surface area contributed by atoms with Gasteiger partial charge in [-0.05, 0) is 25.1 Å². The minimum absolute atomic E-state index is 0.0444. The SMILES string of the molecule is COCCN1CCC(c2nnc3ccc(C(=O)N4CCOCC4)cn23)C1.O=C(O)C(F)(F)F. The number of hydrogen-bond donors (Lipinski definition) is 1. The Morgan fingerprint density at radius 1 is 1.21 bits per heavy atom. The molecule has 2 saturated heterocycles. The molecular formula is C20H26F3N5O5. The van der Waals surface area contributed by atoms with Gasteiger partial charge in [-0.2, -0.15) is 13.2 Å². The van der Waals surface area contributed by atoms with Gasteiger partial charge in [0.2, 0.25) is 0 Å². The first-order valence-electron chi connectivity index (χ1n) is 10.4. The van der Waals surface area contributed by atoms with Crippen LogP contribution in [-0.2, 0) is 14.3 Å². The third-order valence-corrected chi connectivity index (χ3v) is 5.47. The minimum Gasteiger partial charge on any atom is -0.475 e. The number of carbonyl (C=O) groups excluding carboxylic acids is 1. The van der Waals surface area contributed by atoms with Crippen molar-refractivity contribution in [1.82, 2.24) is 24.4 Å². The van der Waals surface area contributed by atoms with E-state index < -0.39 is 12.1 Å². The van der Waals surface area contributed by atoms with Gasteiger partial charge in [0, 0.05) is 45.4 Å². The predicted octanol–water partition coefficient (Wildman–Crippen LogP) is 1.27. The lowest BCUT2D eigenvalue weighted by Crippen LogP contribution is -2.40. The molecule has 1 atom stereocenters. The third-order valence-electron chi connectivity index (χ3n) is 5.47. The van der Waals surface area contributed by atoms with Gasteiger partial charge in [0.1, 0.15) is 5.82 Å². The molecule has 1 amide bonds. The highest BCUT2D eigenvalue weighted by Crippen LogP contribution is 2.26. The lowest BCUT2D eigenvalue weighted by molar-refractivity contribution is -0.192. The summed E-state index contributed by atoms with van der Waals surface area (Å²) >= 11 is 0. The summed E-state index contributed by atoms with van der Waals surface area (Å²) in [5.74, 6) is -1.44. The number of ether oxygens (including phenoxy) is 2. The van der Waals surface area contributed by atoms with E-state index in [2.05, 4.69) is 15.1 Å². The third kappa shape index (κ3) is 6.39. The molecule has 1 N–H and O–H groups in total. The summed E-state index contributed by atoms with van der Waals surface area (Å²) in [6.45, 7) is 6.15. The van der Waals surface area contributed by atoms with Crippen molar-refractivity contribution < 1.29 is 37.3 Å². The van der Waals surface area contributed by atoms with E-state index in [1.54, 1.807) is 7.11 Å². The number of likely N-dealkylation sites (tertiary alicyclic amines) is 1. The fourth-order valence-corrected chi connectivity index (χ4v) is 3.73. The number of halogens is 3. The van der Waals surface area contributed by atoms with Crippen LogP contribution in [0.3, 0.4) is 0 Å². The summed E-state index contributed by atoms with van der Waals surface area (Å²) in [4.78, 5) is 25.9. The van der Waals surface area contributed by atoms with Crippen LogP contribution in [0, 0.1) is 0 Å². The number of hydrogen-bond acceptors (Lipinski definition) is 7. The first-order chi connectivity index (χ1) is 15.7. The fraction of sp³-hybridized carbons (Fsp3) is 0.600. The molecule has 2 fully saturated rings. The molecule has 4 heterocycles. The highest BCUT2D eigenvalue weighted by molar-refractivity contribution is 5.94. The Bertz CT molecular complexity index is 961. The van der Waals surface area contributed by atoms with Crippen molar-refractivity contribution in [2.45, 2.75) is 18.5 Å². The zero-order valence-electron chi connectivity index (χ0n) is 18.1. The first-order valence-corrected chi connectivity index (χ1v) is 10.4.